The standard InChI is InChI=1S/C24H40Si2/c1-12-17(3)26(11,24-20(6)18(4)19(5)21(24)7)23-14-16(2)13-22(15-23)25(8,9)10/h13-15,17,20H,12H2,1-11H3. The lowest BCUT2D eigenvalue weighted by Gasteiger charge is -2.39. The van der Waals surface area contributed by atoms with E-state index in [1.54, 1.807) is 32.3 Å². The van der Waals surface area contributed by atoms with Crippen LogP contribution in [0.3, 0.4) is 0 Å². The summed E-state index contributed by atoms with van der Waals surface area (Å²) in [6, 6.07) is 7.60. The zero-order chi connectivity index (χ0) is 20.0. The summed E-state index contributed by atoms with van der Waals surface area (Å²) >= 11 is 0. The van der Waals surface area contributed by atoms with Gasteiger partial charge in [0.1, 0.15) is 8.07 Å². The lowest BCUT2D eigenvalue weighted by atomic mass is 10.1. The van der Waals surface area contributed by atoms with E-state index in [-0.39, 0.29) is 0 Å². The van der Waals surface area contributed by atoms with Crippen molar-refractivity contribution in [2.24, 2.45) is 5.92 Å². The predicted octanol–water partition coefficient (Wildman–Crippen LogP) is 6.47. The fraction of sp³-hybridized carbons (Fsp3) is 0.583. The third kappa shape index (κ3) is 3.47. The summed E-state index contributed by atoms with van der Waals surface area (Å²) in [6.07, 6.45) is 1.26. The molecular weight excluding hydrogens is 344 g/mol. The predicted molar refractivity (Wildman–Crippen MR) is 125 cm³/mol. The van der Waals surface area contributed by atoms with Crippen molar-refractivity contribution in [1.82, 2.24) is 0 Å². The van der Waals surface area contributed by atoms with E-state index in [9.17, 15) is 0 Å². The third-order valence-corrected chi connectivity index (χ3v) is 15.2. The molecule has 1 aliphatic carbocycles. The van der Waals surface area contributed by atoms with E-state index in [1.807, 2.05) is 0 Å². The summed E-state index contributed by atoms with van der Waals surface area (Å²) in [7, 11) is -3.11. The van der Waals surface area contributed by atoms with Crippen molar-refractivity contribution in [3.05, 3.63) is 45.7 Å². The number of aryl methyl sites for hydroxylation is 1. The number of hydrogen-bond acceptors (Lipinski definition) is 0. The van der Waals surface area contributed by atoms with Crippen molar-refractivity contribution in [3.63, 3.8) is 0 Å². The Labute approximate surface area is 164 Å². The van der Waals surface area contributed by atoms with Gasteiger partial charge in [-0.15, -0.1) is 0 Å². The summed E-state index contributed by atoms with van der Waals surface area (Å²) in [6.45, 7) is 26.8. The Morgan fingerprint density at radius 3 is 1.85 bits per heavy atom. The molecule has 0 aliphatic heterocycles. The Balaban J connectivity index is 2.77. The van der Waals surface area contributed by atoms with Crippen molar-refractivity contribution in [1.29, 1.82) is 0 Å². The van der Waals surface area contributed by atoms with Crippen LogP contribution >= 0.6 is 0 Å². The summed E-state index contributed by atoms with van der Waals surface area (Å²) < 4.78 is 0. The average Bonchev–Trinajstić information content (AvgIpc) is 2.75. The monoisotopic (exact) mass is 384 g/mol. The Morgan fingerprint density at radius 2 is 1.42 bits per heavy atom. The molecule has 2 heteroatoms. The van der Waals surface area contributed by atoms with Crippen LogP contribution in [0.15, 0.2) is 40.1 Å². The maximum atomic E-state index is 2.66. The van der Waals surface area contributed by atoms with E-state index < -0.39 is 16.1 Å². The third-order valence-electron chi connectivity index (χ3n) is 7.34. The molecule has 0 N–H and O–H groups in total. The lowest BCUT2D eigenvalue weighted by molar-refractivity contribution is 0.806. The highest BCUT2D eigenvalue weighted by atomic mass is 28.3. The smallest absolute Gasteiger partial charge is 0.0657 e. The molecule has 0 amide bonds. The average molecular weight is 385 g/mol. The molecule has 0 bridgehead atoms. The SMILES string of the molecule is CCC(C)[Si](C)(C1=C(C)C(C)=C(C)C1C)c1cc(C)cc([Si](C)(C)C)c1. The Hall–Kier alpha value is -0.866. The molecule has 0 heterocycles. The van der Waals surface area contributed by atoms with Gasteiger partial charge in [-0.1, -0.05) is 104 Å². The molecule has 2 rings (SSSR count). The zero-order valence-electron chi connectivity index (χ0n) is 19.1. The van der Waals surface area contributed by atoms with E-state index in [4.69, 9.17) is 0 Å². The molecule has 0 spiro atoms. The maximum Gasteiger partial charge on any atom is 0.114 e. The molecule has 1 aromatic rings. The van der Waals surface area contributed by atoms with Crippen LogP contribution in [-0.2, 0) is 0 Å². The second-order valence-corrected chi connectivity index (χ2v) is 19.5. The fourth-order valence-corrected chi connectivity index (χ4v) is 11.5. The van der Waals surface area contributed by atoms with Crippen molar-refractivity contribution in [2.75, 3.05) is 0 Å². The van der Waals surface area contributed by atoms with Crippen molar-refractivity contribution in [2.45, 2.75) is 86.6 Å². The van der Waals surface area contributed by atoms with E-state index >= 15 is 0 Å². The first-order valence-electron chi connectivity index (χ1n) is 10.4. The molecule has 144 valence electrons. The van der Waals surface area contributed by atoms with Crippen LogP contribution in [0.2, 0.25) is 31.7 Å². The fourth-order valence-electron chi connectivity index (χ4n) is 4.83. The molecule has 0 radical (unpaired) electrons. The van der Waals surface area contributed by atoms with Gasteiger partial charge in [-0.25, -0.2) is 0 Å². The highest BCUT2D eigenvalue weighted by molar-refractivity contribution is 6.98. The van der Waals surface area contributed by atoms with Crippen molar-refractivity contribution in [3.8, 4) is 0 Å². The number of allylic oxidation sites excluding steroid dienone is 4. The molecule has 3 atom stereocenters. The minimum atomic E-state index is -1.79. The van der Waals surface area contributed by atoms with Crippen LogP contribution in [0.4, 0.5) is 0 Å². The van der Waals surface area contributed by atoms with Gasteiger partial charge in [-0.05, 0) is 44.7 Å². The quantitative estimate of drug-likeness (QED) is 0.510. The van der Waals surface area contributed by atoms with Crippen molar-refractivity contribution >= 4 is 26.5 Å². The minimum absolute atomic E-state index is 0.608. The largest absolute Gasteiger partial charge is 0.114 e. The first-order valence-corrected chi connectivity index (χ1v) is 16.4. The van der Waals surface area contributed by atoms with Crippen LogP contribution in [0.25, 0.3) is 0 Å². The summed E-state index contributed by atoms with van der Waals surface area (Å²) in [5, 5.41) is 5.10. The van der Waals surface area contributed by atoms with Gasteiger partial charge in [0.2, 0.25) is 0 Å². The van der Waals surface area contributed by atoms with E-state index in [0.717, 1.165) is 5.54 Å². The second kappa shape index (κ2) is 7.28. The summed E-state index contributed by atoms with van der Waals surface area (Å²) in [4.78, 5) is 0. The van der Waals surface area contributed by atoms with Gasteiger partial charge in [0.15, 0.2) is 0 Å². The molecule has 1 aliphatic rings. The highest BCUT2D eigenvalue weighted by Crippen LogP contribution is 2.45. The van der Waals surface area contributed by atoms with Crippen LogP contribution in [0, 0.1) is 12.8 Å². The van der Waals surface area contributed by atoms with Gasteiger partial charge in [0.05, 0.1) is 8.07 Å². The van der Waals surface area contributed by atoms with E-state index in [1.165, 1.54) is 12.0 Å². The molecular formula is C24H40Si2. The first kappa shape index (κ1) is 21.4. The topological polar surface area (TPSA) is 0 Å². The van der Waals surface area contributed by atoms with E-state index in [0.29, 0.717) is 5.92 Å². The maximum absolute atomic E-state index is 2.66. The van der Waals surface area contributed by atoms with Gasteiger partial charge < -0.3 is 0 Å². The Kier molecular flexibility index (Phi) is 6.00. The van der Waals surface area contributed by atoms with Gasteiger partial charge in [0.25, 0.3) is 0 Å². The molecule has 0 saturated carbocycles. The highest BCUT2D eigenvalue weighted by Gasteiger charge is 2.44. The lowest BCUT2D eigenvalue weighted by Crippen LogP contribution is -2.54. The number of benzene rings is 1. The van der Waals surface area contributed by atoms with Crippen molar-refractivity contribution < 1.29 is 0 Å². The summed E-state index contributed by atoms with van der Waals surface area (Å²) in [5.74, 6) is 0.608. The molecule has 0 nitrogen and oxygen atoms in total. The number of hydrogen-bond donors (Lipinski definition) is 0. The first-order chi connectivity index (χ1) is 11.9. The van der Waals surface area contributed by atoms with Crippen LogP contribution in [0.5, 0.6) is 0 Å². The van der Waals surface area contributed by atoms with Gasteiger partial charge in [-0.3, -0.25) is 0 Å². The Morgan fingerprint density at radius 1 is 0.885 bits per heavy atom. The van der Waals surface area contributed by atoms with E-state index in [2.05, 4.69) is 92.9 Å². The number of rotatable bonds is 5. The molecule has 0 saturated heterocycles. The molecule has 26 heavy (non-hydrogen) atoms. The van der Waals surface area contributed by atoms with Gasteiger partial charge >= 0.3 is 0 Å². The van der Waals surface area contributed by atoms with Gasteiger partial charge in [0, 0.05) is 0 Å². The Bertz CT molecular complexity index is 761. The molecule has 0 fully saturated rings. The minimum Gasteiger partial charge on any atom is -0.0657 e. The molecule has 1 aromatic carbocycles. The van der Waals surface area contributed by atoms with Crippen LogP contribution < -0.4 is 10.4 Å². The van der Waals surface area contributed by atoms with Crippen LogP contribution in [0.1, 0.15) is 53.5 Å². The van der Waals surface area contributed by atoms with Gasteiger partial charge in [-0.2, -0.15) is 0 Å². The van der Waals surface area contributed by atoms with Crippen LogP contribution in [-0.4, -0.2) is 16.1 Å². The molecule has 0 aromatic heterocycles. The molecule has 3 unspecified atom stereocenters. The summed E-state index contributed by atoms with van der Waals surface area (Å²) in [5.41, 5.74) is 6.95. The normalized spacial score (nSPS) is 22.0. The zero-order valence-corrected chi connectivity index (χ0v) is 21.1. The second-order valence-electron chi connectivity index (χ2n) is 9.92.